The minimum Gasteiger partial charge on any atom is -0.508 e. The van der Waals surface area contributed by atoms with E-state index in [2.05, 4.69) is 15.3 Å². The molecule has 0 saturated heterocycles. The van der Waals surface area contributed by atoms with Gasteiger partial charge < -0.3 is 14.8 Å². The maximum atomic E-state index is 11.8. The van der Waals surface area contributed by atoms with Crippen molar-refractivity contribution < 1.29 is 14.6 Å². The number of nitrogens with zero attached hydrogens (tertiary/aromatic N) is 1. The van der Waals surface area contributed by atoms with E-state index >= 15 is 0 Å². The molecule has 2 aromatic rings. The van der Waals surface area contributed by atoms with Gasteiger partial charge in [-0.05, 0) is 39.0 Å². The third kappa shape index (κ3) is 3.50. The van der Waals surface area contributed by atoms with Crippen molar-refractivity contribution in [1.29, 1.82) is 0 Å². The fourth-order valence-electron chi connectivity index (χ4n) is 1.68. The number of amides is 1. The zero-order valence-electron chi connectivity index (χ0n) is 11.6. The number of benzene rings is 1. The predicted octanol–water partition coefficient (Wildman–Crippen LogP) is 3.13. The van der Waals surface area contributed by atoms with Crippen LogP contribution in [0.4, 0.5) is 10.5 Å². The molecule has 0 aliphatic heterocycles. The lowest BCUT2D eigenvalue weighted by Gasteiger charge is -2.20. The zero-order chi connectivity index (χ0) is 14.8. The summed E-state index contributed by atoms with van der Waals surface area (Å²) >= 11 is 0. The molecule has 1 heterocycles. The Hall–Kier alpha value is -2.50. The molecule has 106 valence electrons. The minimum atomic E-state index is -0.574. The lowest BCUT2D eigenvalue weighted by molar-refractivity contribution is 0.0636. The molecule has 0 atom stereocenters. The molecule has 20 heavy (non-hydrogen) atoms. The lowest BCUT2D eigenvalue weighted by atomic mass is 10.1. The number of aromatic amines is 1. The van der Waals surface area contributed by atoms with Crippen LogP contribution in [0.2, 0.25) is 0 Å². The molecule has 0 fully saturated rings. The number of imidazole rings is 1. The Bertz CT molecular complexity index is 601. The van der Waals surface area contributed by atoms with Gasteiger partial charge in [-0.2, -0.15) is 0 Å². The fourth-order valence-corrected chi connectivity index (χ4v) is 1.68. The number of nitrogens with one attached hydrogen (secondary N) is 2. The lowest BCUT2D eigenvalue weighted by Crippen LogP contribution is -2.27. The third-order valence-electron chi connectivity index (χ3n) is 2.43. The number of carbonyl (C=O) groups excluding carboxylic acids is 1. The monoisotopic (exact) mass is 275 g/mol. The summed E-state index contributed by atoms with van der Waals surface area (Å²) in [7, 11) is 0. The van der Waals surface area contributed by atoms with Crippen LogP contribution in [0.5, 0.6) is 5.75 Å². The first kappa shape index (κ1) is 13.9. The van der Waals surface area contributed by atoms with Crippen LogP contribution in [0.3, 0.4) is 0 Å². The molecule has 6 nitrogen and oxygen atoms in total. The van der Waals surface area contributed by atoms with E-state index in [1.165, 1.54) is 12.4 Å². The van der Waals surface area contributed by atoms with E-state index in [0.29, 0.717) is 16.9 Å². The highest BCUT2D eigenvalue weighted by atomic mass is 16.6. The molecule has 0 spiro atoms. The highest BCUT2D eigenvalue weighted by molar-refractivity contribution is 5.91. The summed E-state index contributed by atoms with van der Waals surface area (Å²) in [5.74, 6) is 0.101. The van der Waals surface area contributed by atoms with Gasteiger partial charge in [-0.1, -0.05) is 0 Å². The molecule has 6 heteroatoms. The van der Waals surface area contributed by atoms with E-state index in [9.17, 15) is 9.90 Å². The Morgan fingerprint density at radius 2 is 2.15 bits per heavy atom. The van der Waals surface area contributed by atoms with Crippen molar-refractivity contribution in [2.24, 2.45) is 0 Å². The molecule has 0 aliphatic carbocycles. The van der Waals surface area contributed by atoms with Crippen LogP contribution < -0.4 is 5.32 Å². The largest absolute Gasteiger partial charge is 0.508 e. The second kappa shape index (κ2) is 5.24. The van der Waals surface area contributed by atoms with Crippen LogP contribution in [0.25, 0.3) is 11.3 Å². The summed E-state index contributed by atoms with van der Waals surface area (Å²) in [6.07, 6.45) is 2.58. The zero-order valence-corrected chi connectivity index (χ0v) is 11.6. The fraction of sp³-hybridized carbons (Fsp3) is 0.286. The summed E-state index contributed by atoms with van der Waals surface area (Å²) in [4.78, 5) is 18.7. The van der Waals surface area contributed by atoms with Gasteiger partial charge in [0.2, 0.25) is 0 Å². The Morgan fingerprint density at radius 1 is 1.40 bits per heavy atom. The molecule has 2 rings (SSSR count). The van der Waals surface area contributed by atoms with Gasteiger partial charge in [0.25, 0.3) is 0 Å². The molecular weight excluding hydrogens is 258 g/mol. The van der Waals surface area contributed by atoms with Crippen LogP contribution in [0.1, 0.15) is 20.8 Å². The van der Waals surface area contributed by atoms with E-state index in [-0.39, 0.29) is 5.75 Å². The predicted molar refractivity (Wildman–Crippen MR) is 75.5 cm³/mol. The molecule has 1 aromatic heterocycles. The molecule has 0 radical (unpaired) electrons. The quantitative estimate of drug-likeness (QED) is 0.735. The van der Waals surface area contributed by atoms with Crippen molar-refractivity contribution in [2.75, 3.05) is 5.32 Å². The third-order valence-corrected chi connectivity index (χ3v) is 2.43. The standard InChI is InChI=1S/C14H17N3O3/c1-14(2,3)20-13(19)17-11-5-4-9(18)6-10(11)12-7-15-8-16-12/h4-8,18H,1-3H3,(H,15,16)(H,17,19). The Balaban J connectivity index is 2.26. The first-order chi connectivity index (χ1) is 9.35. The van der Waals surface area contributed by atoms with Crippen molar-refractivity contribution in [3.05, 3.63) is 30.7 Å². The summed E-state index contributed by atoms with van der Waals surface area (Å²) in [5, 5.41) is 12.2. The highest BCUT2D eigenvalue weighted by Gasteiger charge is 2.18. The molecule has 3 N–H and O–H groups in total. The number of hydrogen-bond donors (Lipinski definition) is 3. The van der Waals surface area contributed by atoms with Gasteiger partial charge in [0.1, 0.15) is 11.4 Å². The molecule has 1 amide bonds. The second-order valence-electron chi connectivity index (χ2n) is 5.32. The average molecular weight is 275 g/mol. The number of carbonyl (C=O) groups is 1. The Kier molecular flexibility index (Phi) is 3.65. The number of H-pyrrole nitrogens is 1. The van der Waals surface area contributed by atoms with Crippen molar-refractivity contribution in [3.8, 4) is 17.0 Å². The average Bonchev–Trinajstić information content (AvgIpc) is 2.82. The first-order valence-corrected chi connectivity index (χ1v) is 6.17. The van der Waals surface area contributed by atoms with Crippen LogP contribution >= 0.6 is 0 Å². The molecule has 0 saturated carbocycles. The topological polar surface area (TPSA) is 87.2 Å². The molecule has 0 bridgehead atoms. The van der Waals surface area contributed by atoms with Crippen LogP contribution in [-0.2, 0) is 4.74 Å². The van der Waals surface area contributed by atoms with E-state index < -0.39 is 11.7 Å². The number of hydrogen-bond acceptors (Lipinski definition) is 4. The van der Waals surface area contributed by atoms with Crippen molar-refractivity contribution in [2.45, 2.75) is 26.4 Å². The van der Waals surface area contributed by atoms with E-state index in [1.807, 2.05) is 0 Å². The smallest absolute Gasteiger partial charge is 0.412 e. The summed E-state index contributed by atoms with van der Waals surface area (Å²) in [6.45, 7) is 5.37. The first-order valence-electron chi connectivity index (χ1n) is 6.17. The number of rotatable bonds is 2. The van der Waals surface area contributed by atoms with E-state index in [1.54, 1.807) is 39.1 Å². The summed E-state index contributed by atoms with van der Waals surface area (Å²) < 4.78 is 5.21. The van der Waals surface area contributed by atoms with Crippen LogP contribution in [0, 0.1) is 0 Å². The number of aromatic nitrogens is 2. The minimum absolute atomic E-state index is 0.101. The van der Waals surface area contributed by atoms with Crippen molar-refractivity contribution in [3.63, 3.8) is 0 Å². The van der Waals surface area contributed by atoms with Gasteiger partial charge in [-0.25, -0.2) is 9.78 Å². The maximum absolute atomic E-state index is 11.8. The highest BCUT2D eigenvalue weighted by Crippen LogP contribution is 2.30. The van der Waals surface area contributed by atoms with Crippen molar-refractivity contribution >= 4 is 11.8 Å². The molecule has 0 aliphatic rings. The SMILES string of the molecule is CC(C)(C)OC(=O)Nc1ccc(O)cc1-c1cnc[nH]1. The number of phenols is 1. The van der Waals surface area contributed by atoms with Crippen molar-refractivity contribution in [1.82, 2.24) is 9.97 Å². The van der Waals surface area contributed by atoms with E-state index in [4.69, 9.17) is 4.74 Å². The summed E-state index contributed by atoms with van der Waals surface area (Å²) in [6, 6.07) is 4.64. The number of phenolic OH excluding ortho intramolecular Hbond substituents is 1. The van der Waals surface area contributed by atoms with Gasteiger partial charge in [-0.3, -0.25) is 5.32 Å². The van der Waals surface area contributed by atoms with Gasteiger partial charge in [0.05, 0.1) is 23.9 Å². The normalized spacial score (nSPS) is 11.2. The molecule has 0 unspecified atom stereocenters. The van der Waals surface area contributed by atoms with Crippen LogP contribution in [-0.4, -0.2) is 26.8 Å². The number of ether oxygens (including phenoxy) is 1. The second-order valence-corrected chi connectivity index (χ2v) is 5.32. The molecule has 1 aromatic carbocycles. The van der Waals surface area contributed by atoms with Crippen LogP contribution in [0.15, 0.2) is 30.7 Å². The van der Waals surface area contributed by atoms with Gasteiger partial charge in [0.15, 0.2) is 0 Å². The molecular formula is C14H17N3O3. The number of anilines is 1. The summed E-state index contributed by atoms with van der Waals surface area (Å²) in [5.41, 5.74) is 1.27. The van der Waals surface area contributed by atoms with Gasteiger partial charge >= 0.3 is 6.09 Å². The Labute approximate surface area is 116 Å². The number of aromatic hydroxyl groups is 1. The van der Waals surface area contributed by atoms with E-state index in [0.717, 1.165) is 0 Å². The Morgan fingerprint density at radius 3 is 2.75 bits per heavy atom. The van der Waals surface area contributed by atoms with Gasteiger partial charge in [0, 0.05) is 5.56 Å². The van der Waals surface area contributed by atoms with Gasteiger partial charge in [-0.15, -0.1) is 0 Å². The maximum Gasteiger partial charge on any atom is 0.412 e.